The highest BCUT2D eigenvalue weighted by Gasteiger charge is 2.34. The zero-order chi connectivity index (χ0) is 23.1. The third-order valence-electron chi connectivity index (χ3n) is 4.42. The van der Waals surface area contributed by atoms with E-state index in [0.717, 1.165) is 28.4 Å². The summed E-state index contributed by atoms with van der Waals surface area (Å²) in [5, 5.41) is 11.1. The second-order valence-electron chi connectivity index (χ2n) is 6.43. The van der Waals surface area contributed by atoms with Gasteiger partial charge in [0.05, 0.1) is 27.4 Å². The van der Waals surface area contributed by atoms with Gasteiger partial charge in [-0.05, 0) is 30.3 Å². The molecule has 4 rings (SSSR count). The topological polar surface area (TPSA) is 112 Å². The maximum absolute atomic E-state index is 13.0. The number of hydrogen-bond donors (Lipinski definition) is 1. The molecule has 0 saturated heterocycles. The van der Waals surface area contributed by atoms with Gasteiger partial charge in [0.1, 0.15) is 11.8 Å². The van der Waals surface area contributed by atoms with Crippen LogP contribution >= 0.6 is 11.3 Å². The molecule has 0 fully saturated rings. The van der Waals surface area contributed by atoms with Crippen LogP contribution in [0.3, 0.4) is 0 Å². The molecule has 1 aliphatic heterocycles. The molecule has 32 heavy (non-hydrogen) atoms. The normalized spacial score (nSPS) is 13.8. The van der Waals surface area contributed by atoms with Gasteiger partial charge >= 0.3 is 6.18 Å². The highest BCUT2D eigenvalue weighted by atomic mass is 32.2. The van der Waals surface area contributed by atoms with E-state index < -0.39 is 34.3 Å². The minimum atomic E-state index is -4.66. The zero-order valence-electron chi connectivity index (χ0n) is 15.8. The number of fused-ring (bicyclic) bond motifs is 1. The molecule has 3 aromatic rings. The van der Waals surface area contributed by atoms with Crippen molar-refractivity contribution >= 4 is 43.8 Å². The molecule has 0 spiro atoms. The number of thiazole rings is 1. The summed E-state index contributed by atoms with van der Waals surface area (Å²) in [7, 11) is -4.01. The Bertz CT molecular complexity index is 1350. The van der Waals surface area contributed by atoms with E-state index in [1.165, 1.54) is 24.4 Å². The highest BCUT2D eigenvalue weighted by Crippen LogP contribution is 2.41. The van der Waals surface area contributed by atoms with E-state index in [1.54, 1.807) is 11.4 Å². The predicted molar refractivity (Wildman–Crippen MR) is 108 cm³/mol. The molecule has 8 nitrogen and oxygen atoms in total. The minimum Gasteiger partial charge on any atom is -0.481 e. The van der Waals surface area contributed by atoms with Gasteiger partial charge in [-0.25, -0.2) is 13.4 Å². The molecule has 0 unspecified atom stereocenters. The Balaban J connectivity index is 1.76. The molecule has 1 aliphatic rings. The first-order valence-corrected chi connectivity index (χ1v) is 11.1. The summed E-state index contributed by atoms with van der Waals surface area (Å²) < 4.78 is 71.9. The van der Waals surface area contributed by atoms with E-state index in [1.807, 2.05) is 0 Å². The largest absolute Gasteiger partial charge is 0.481 e. The molecule has 0 atom stereocenters. The summed E-state index contributed by atoms with van der Waals surface area (Å²) in [6.45, 7) is -0.498. The fourth-order valence-corrected chi connectivity index (χ4v) is 4.81. The summed E-state index contributed by atoms with van der Waals surface area (Å²) in [5.74, 6) is -0.624. The van der Waals surface area contributed by atoms with E-state index >= 15 is 0 Å². The monoisotopic (exact) mass is 480 g/mol. The summed E-state index contributed by atoms with van der Waals surface area (Å²) in [5.41, 5.74) is -1.39. The van der Waals surface area contributed by atoms with Crippen LogP contribution in [0.15, 0.2) is 52.9 Å². The fourth-order valence-electron chi connectivity index (χ4n) is 3.01. The van der Waals surface area contributed by atoms with Crippen molar-refractivity contribution in [2.75, 3.05) is 16.2 Å². The number of carbonyl (C=O) groups is 1. The van der Waals surface area contributed by atoms with Crippen molar-refractivity contribution in [3.8, 4) is 11.8 Å². The minimum absolute atomic E-state index is 0.00963. The van der Waals surface area contributed by atoms with E-state index in [-0.39, 0.29) is 32.7 Å². The first-order valence-electron chi connectivity index (χ1n) is 8.73. The lowest BCUT2D eigenvalue weighted by Gasteiger charge is -2.30. The number of benzene rings is 2. The smallest absolute Gasteiger partial charge is 0.416 e. The van der Waals surface area contributed by atoms with Gasteiger partial charge in [0.25, 0.3) is 15.9 Å². The third kappa shape index (κ3) is 3.97. The standard InChI is InChI=1S/C19H11F3N4O4S2/c20-19(21,22)12-1-3-14(11(7-12)9-23)26-15-4-2-13(8-16(15)30-10-17(26)27)32(28,29)25-18-24-5-6-31-18/h1-8H,10H2,(H,24,25). The van der Waals surface area contributed by atoms with Crippen molar-refractivity contribution in [3.63, 3.8) is 0 Å². The summed E-state index contributed by atoms with van der Waals surface area (Å²) in [6, 6.07) is 7.76. The Labute approximate surface area is 183 Å². The van der Waals surface area contributed by atoms with Gasteiger partial charge in [-0.15, -0.1) is 11.3 Å². The molecule has 2 heterocycles. The van der Waals surface area contributed by atoms with Gasteiger partial charge in [0.15, 0.2) is 11.7 Å². The summed E-state index contributed by atoms with van der Waals surface area (Å²) >= 11 is 1.08. The molecule has 1 amide bonds. The Hall–Kier alpha value is -3.63. The number of amides is 1. The Morgan fingerprint density at radius 1 is 1.19 bits per heavy atom. The second-order valence-corrected chi connectivity index (χ2v) is 9.01. The quantitative estimate of drug-likeness (QED) is 0.606. The molecule has 1 aromatic heterocycles. The number of nitriles is 1. The number of halogens is 3. The number of carbonyl (C=O) groups excluding carboxylic acids is 1. The lowest BCUT2D eigenvalue weighted by atomic mass is 10.1. The summed E-state index contributed by atoms with van der Waals surface area (Å²) in [4.78, 5) is 17.2. The Morgan fingerprint density at radius 3 is 2.59 bits per heavy atom. The highest BCUT2D eigenvalue weighted by molar-refractivity contribution is 7.93. The number of nitrogens with zero attached hydrogens (tertiary/aromatic N) is 3. The predicted octanol–water partition coefficient (Wildman–Crippen LogP) is 3.89. The van der Waals surface area contributed by atoms with E-state index in [9.17, 15) is 31.6 Å². The Morgan fingerprint density at radius 2 is 1.94 bits per heavy atom. The van der Waals surface area contributed by atoms with Gasteiger partial charge in [-0.1, -0.05) is 0 Å². The maximum Gasteiger partial charge on any atom is 0.416 e. The molecule has 0 bridgehead atoms. The molecule has 13 heteroatoms. The van der Waals surface area contributed by atoms with Crippen molar-refractivity contribution < 1.29 is 31.1 Å². The number of alkyl halides is 3. The van der Waals surface area contributed by atoms with Gasteiger partial charge in [-0.2, -0.15) is 18.4 Å². The van der Waals surface area contributed by atoms with Crippen molar-refractivity contribution in [1.29, 1.82) is 5.26 Å². The molecular weight excluding hydrogens is 469 g/mol. The number of ether oxygens (including phenoxy) is 1. The van der Waals surface area contributed by atoms with E-state index in [4.69, 9.17) is 4.74 Å². The SMILES string of the molecule is N#Cc1cc(C(F)(F)F)ccc1N1C(=O)COc2cc(S(=O)(=O)Nc3nccs3)ccc21. The first kappa shape index (κ1) is 21.6. The van der Waals surface area contributed by atoms with Crippen LogP contribution in [0.4, 0.5) is 29.7 Å². The molecular formula is C19H11F3N4O4S2. The van der Waals surface area contributed by atoms with E-state index in [0.29, 0.717) is 6.07 Å². The summed E-state index contributed by atoms with van der Waals surface area (Å²) in [6.07, 6.45) is -3.23. The maximum atomic E-state index is 13.0. The van der Waals surface area contributed by atoms with Gasteiger partial charge in [-0.3, -0.25) is 14.4 Å². The van der Waals surface area contributed by atoms with Crippen molar-refractivity contribution in [1.82, 2.24) is 4.98 Å². The van der Waals surface area contributed by atoms with Gasteiger partial charge in [0.2, 0.25) is 0 Å². The first-order chi connectivity index (χ1) is 15.1. The van der Waals surface area contributed by atoms with Gasteiger partial charge in [0, 0.05) is 17.6 Å². The lowest BCUT2D eigenvalue weighted by molar-refractivity contribution is -0.137. The number of sulfonamides is 1. The average molecular weight is 480 g/mol. The van der Waals surface area contributed by atoms with Crippen LogP contribution < -0.4 is 14.4 Å². The number of aromatic nitrogens is 1. The van der Waals surface area contributed by atoms with Crippen molar-refractivity contribution in [3.05, 3.63) is 59.1 Å². The third-order valence-corrected chi connectivity index (χ3v) is 6.58. The van der Waals surface area contributed by atoms with Crippen molar-refractivity contribution in [2.24, 2.45) is 0 Å². The van der Waals surface area contributed by atoms with Crippen LogP contribution in [0.25, 0.3) is 0 Å². The zero-order valence-corrected chi connectivity index (χ0v) is 17.4. The Kier molecular flexibility index (Phi) is 5.27. The molecule has 2 aromatic carbocycles. The molecule has 0 aliphatic carbocycles. The van der Waals surface area contributed by atoms with Crippen LogP contribution in [0.2, 0.25) is 0 Å². The average Bonchev–Trinajstić information content (AvgIpc) is 3.24. The van der Waals surface area contributed by atoms with Crippen LogP contribution in [-0.4, -0.2) is 25.9 Å². The fraction of sp³-hybridized carbons (Fsp3) is 0.105. The van der Waals surface area contributed by atoms with E-state index in [2.05, 4.69) is 9.71 Å². The number of nitrogens with one attached hydrogen (secondary N) is 1. The van der Waals surface area contributed by atoms with Crippen LogP contribution in [0.5, 0.6) is 5.75 Å². The number of rotatable bonds is 4. The second kappa shape index (κ2) is 7.81. The molecule has 164 valence electrons. The number of hydrogen-bond acceptors (Lipinski definition) is 7. The molecule has 0 saturated carbocycles. The lowest BCUT2D eigenvalue weighted by Crippen LogP contribution is -2.35. The van der Waals surface area contributed by atoms with Crippen molar-refractivity contribution in [2.45, 2.75) is 11.1 Å². The molecule has 0 radical (unpaired) electrons. The van der Waals surface area contributed by atoms with Crippen LogP contribution in [0, 0.1) is 11.3 Å². The van der Waals surface area contributed by atoms with Gasteiger partial charge < -0.3 is 4.74 Å². The van der Waals surface area contributed by atoms with Crippen LogP contribution in [-0.2, 0) is 21.0 Å². The molecule has 1 N–H and O–H groups in total. The number of anilines is 3. The van der Waals surface area contributed by atoms with Crippen LogP contribution in [0.1, 0.15) is 11.1 Å².